The quantitative estimate of drug-likeness (QED) is 0.0261. The van der Waals surface area contributed by atoms with Crippen LogP contribution in [0.2, 0.25) is 0 Å². The second-order valence-corrected chi connectivity index (χ2v) is 20.9. The van der Waals surface area contributed by atoms with Crippen molar-refractivity contribution in [2.45, 2.75) is 322 Å². The maximum absolute atomic E-state index is 12.9. The van der Waals surface area contributed by atoms with E-state index in [9.17, 15) is 14.4 Å². The molecule has 73 heavy (non-hydrogen) atoms. The Morgan fingerprint density at radius 2 is 0.534 bits per heavy atom. The molecule has 1 atom stereocenters. The number of ether oxygens (including phenoxy) is 3. The van der Waals surface area contributed by atoms with Gasteiger partial charge in [-0.2, -0.15) is 0 Å². The largest absolute Gasteiger partial charge is 0.462 e. The Bertz CT molecular complexity index is 1360. The number of hydrogen-bond donors (Lipinski definition) is 0. The molecular formula is C67H118O6. The van der Waals surface area contributed by atoms with E-state index < -0.39 is 6.10 Å². The van der Waals surface area contributed by atoms with E-state index in [1.54, 1.807) is 0 Å². The van der Waals surface area contributed by atoms with Crippen molar-refractivity contribution in [3.63, 3.8) is 0 Å². The summed E-state index contributed by atoms with van der Waals surface area (Å²) in [5.41, 5.74) is 0. The van der Waals surface area contributed by atoms with E-state index in [-0.39, 0.29) is 31.1 Å². The first-order chi connectivity index (χ1) is 36.0. The average molecular weight is 1020 g/mol. The molecule has 0 bridgehead atoms. The zero-order valence-electron chi connectivity index (χ0n) is 48.4. The van der Waals surface area contributed by atoms with Crippen LogP contribution in [0.5, 0.6) is 0 Å². The molecule has 0 aromatic carbocycles. The number of carbonyl (C=O) groups is 3. The third kappa shape index (κ3) is 59.6. The van der Waals surface area contributed by atoms with E-state index in [1.807, 2.05) is 0 Å². The summed E-state index contributed by atoms with van der Waals surface area (Å²) in [6.45, 7) is 6.53. The molecule has 0 radical (unpaired) electrons. The molecule has 0 saturated heterocycles. The van der Waals surface area contributed by atoms with E-state index in [1.165, 1.54) is 180 Å². The van der Waals surface area contributed by atoms with Crippen molar-refractivity contribution in [3.8, 4) is 0 Å². The molecule has 0 aromatic rings. The van der Waals surface area contributed by atoms with Gasteiger partial charge in [-0.1, -0.05) is 280 Å². The SMILES string of the molecule is CC/C=C\C/C=C\C/C=C\C/C=C\C/C=C\CCCCCCCCCCCCCC(=O)OCC(COC(=O)CCCCCCC/C=C\CCCCC)OC(=O)CCCCCCCCCCCCCCCCCC. The van der Waals surface area contributed by atoms with Gasteiger partial charge in [-0.25, -0.2) is 0 Å². The van der Waals surface area contributed by atoms with Crippen LogP contribution in [0.3, 0.4) is 0 Å². The molecule has 0 aliphatic rings. The molecule has 0 N–H and O–H groups in total. The third-order valence-corrected chi connectivity index (χ3v) is 13.7. The van der Waals surface area contributed by atoms with Crippen LogP contribution >= 0.6 is 0 Å². The summed E-state index contributed by atoms with van der Waals surface area (Å²) < 4.78 is 16.9. The van der Waals surface area contributed by atoms with Gasteiger partial charge in [0.2, 0.25) is 0 Å². The van der Waals surface area contributed by atoms with Crippen molar-refractivity contribution in [1.82, 2.24) is 0 Å². The Morgan fingerprint density at radius 3 is 0.877 bits per heavy atom. The summed E-state index contributed by atoms with van der Waals surface area (Å²) in [7, 11) is 0. The van der Waals surface area contributed by atoms with Crippen LogP contribution in [0.15, 0.2) is 72.9 Å². The minimum atomic E-state index is -0.777. The Morgan fingerprint density at radius 1 is 0.288 bits per heavy atom. The minimum absolute atomic E-state index is 0.0761. The fraction of sp³-hybridized carbons (Fsp3) is 0.776. The van der Waals surface area contributed by atoms with E-state index in [4.69, 9.17) is 14.2 Å². The van der Waals surface area contributed by atoms with Crippen LogP contribution in [0, 0.1) is 0 Å². The van der Waals surface area contributed by atoms with Crippen LogP contribution < -0.4 is 0 Å². The highest BCUT2D eigenvalue weighted by Crippen LogP contribution is 2.17. The second kappa shape index (κ2) is 61.4. The molecule has 6 heteroatoms. The Balaban J connectivity index is 4.25. The van der Waals surface area contributed by atoms with E-state index >= 15 is 0 Å². The first-order valence-corrected chi connectivity index (χ1v) is 31.4. The van der Waals surface area contributed by atoms with Gasteiger partial charge in [-0.15, -0.1) is 0 Å². The van der Waals surface area contributed by atoms with Gasteiger partial charge in [0.1, 0.15) is 13.2 Å². The maximum atomic E-state index is 12.9. The summed E-state index contributed by atoms with van der Waals surface area (Å²) in [6.07, 6.45) is 79.1. The van der Waals surface area contributed by atoms with E-state index in [0.29, 0.717) is 19.3 Å². The fourth-order valence-corrected chi connectivity index (χ4v) is 9.00. The first kappa shape index (κ1) is 69.8. The number of unbranched alkanes of at least 4 members (excludes halogenated alkanes) is 34. The lowest BCUT2D eigenvalue weighted by Crippen LogP contribution is -2.30. The van der Waals surface area contributed by atoms with Crippen molar-refractivity contribution in [2.24, 2.45) is 0 Å². The van der Waals surface area contributed by atoms with E-state index in [2.05, 4.69) is 93.7 Å². The fourth-order valence-electron chi connectivity index (χ4n) is 9.00. The van der Waals surface area contributed by atoms with Crippen molar-refractivity contribution in [3.05, 3.63) is 72.9 Å². The molecule has 1 unspecified atom stereocenters. The second-order valence-electron chi connectivity index (χ2n) is 20.9. The van der Waals surface area contributed by atoms with Crippen molar-refractivity contribution < 1.29 is 28.6 Å². The number of esters is 3. The van der Waals surface area contributed by atoms with Gasteiger partial charge in [-0.3, -0.25) is 14.4 Å². The predicted octanol–water partition coefficient (Wildman–Crippen LogP) is 21.3. The lowest BCUT2D eigenvalue weighted by molar-refractivity contribution is -0.167. The summed E-state index contributed by atoms with van der Waals surface area (Å²) in [5.74, 6) is -0.873. The number of rotatable bonds is 57. The molecule has 0 saturated carbocycles. The zero-order chi connectivity index (χ0) is 52.9. The normalized spacial score (nSPS) is 12.5. The first-order valence-electron chi connectivity index (χ1n) is 31.4. The number of hydrogen-bond acceptors (Lipinski definition) is 6. The Kier molecular flexibility index (Phi) is 58.7. The highest BCUT2D eigenvalue weighted by Gasteiger charge is 2.19. The van der Waals surface area contributed by atoms with Crippen LogP contribution in [-0.2, 0) is 28.6 Å². The van der Waals surface area contributed by atoms with Crippen molar-refractivity contribution in [1.29, 1.82) is 0 Å². The smallest absolute Gasteiger partial charge is 0.306 e. The monoisotopic (exact) mass is 1020 g/mol. The molecule has 0 spiro atoms. The molecule has 0 aromatic heterocycles. The molecule has 6 nitrogen and oxygen atoms in total. The van der Waals surface area contributed by atoms with Crippen LogP contribution in [-0.4, -0.2) is 37.2 Å². The molecule has 0 fully saturated rings. The maximum Gasteiger partial charge on any atom is 0.306 e. The standard InChI is InChI=1S/C67H118O6/c1-4-7-10-13-16-19-22-25-27-29-30-31-32-33-34-35-36-37-38-39-41-42-45-48-51-54-57-60-66(69)72-63-64(62-71-65(68)59-56-53-50-47-44-24-21-18-15-12-9-6-3)73-67(70)61-58-55-52-49-46-43-40-28-26-23-20-17-14-11-8-5-2/h7,10,16,18-19,21,25,27,30-31,33-34,64H,4-6,8-9,11-15,17,20,22-24,26,28-29,32,35-63H2,1-3H3/b10-7-,19-16-,21-18-,27-25-,31-30-,34-33-. The average Bonchev–Trinajstić information content (AvgIpc) is 3.39. The highest BCUT2D eigenvalue weighted by molar-refractivity contribution is 5.71. The van der Waals surface area contributed by atoms with Gasteiger partial charge < -0.3 is 14.2 Å². The molecule has 0 amide bonds. The lowest BCUT2D eigenvalue weighted by atomic mass is 10.0. The minimum Gasteiger partial charge on any atom is -0.462 e. The van der Waals surface area contributed by atoms with Crippen LogP contribution in [0.1, 0.15) is 316 Å². The molecular weight excluding hydrogens is 901 g/mol. The van der Waals surface area contributed by atoms with Gasteiger partial charge in [0.05, 0.1) is 0 Å². The third-order valence-electron chi connectivity index (χ3n) is 13.7. The highest BCUT2D eigenvalue weighted by atomic mass is 16.6. The number of allylic oxidation sites excluding steroid dienone is 12. The summed E-state index contributed by atoms with van der Waals surface area (Å²) in [6, 6.07) is 0. The molecule has 0 aliphatic carbocycles. The summed E-state index contributed by atoms with van der Waals surface area (Å²) >= 11 is 0. The van der Waals surface area contributed by atoms with Gasteiger partial charge in [-0.05, 0) is 89.9 Å². The van der Waals surface area contributed by atoms with Gasteiger partial charge >= 0.3 is 17.9 Å². The topological polar surface area (TPSA) is 78.9 Å². The predicted molar refractivity (Wildman–Crippen MR) is 316 cm³/mol. The zero-order valence-corrected chi connectivity index (χ0v) is 48.4. The van der Waals surface area contributed by atoms with Crippen molar-refractivity contribution in [2.75, 3.05) is 13.2 Å². The Labute approximate surface area is 453 Å². The van der Waals surface area contributed by atoms with Gasteiger partial charge in [0.15, 0.2) is 6.10 Å². The summed E-state index contributed by atoms with van der Waals surface area (Å²) in [5, 5.41) is 0. The summed E-state index contributed by atoms with van der Waals surface area (Å²) in [4.78, 5) is 38.2. The molecule has 0 heterocycles. The van der Waals surface area contributed by atoms with Crippen LogP contribution in [0.25, 0.3) is 0 Å². The van der Waals surface area contributed by atoms with Gasteiger partial charge in [0.25, 0.3) is 0 Å². The molecule has 0 aliphatic heterocycles. The number of carbonyl (C=O) groups excluding carboxylic acids is 3. The molecule has 0 rings (SSSR count). The van der Waals surface area contributed by atoms with Crippen molar-refractivity contribution >= 4 is 17.9 Å². The van der Waals surface area contributed by atoms with E-state index in [0.717, 1.165) is 96.3 Å². The van der Waals surface area contributed by atoms with Crippen LogP contribution in [0.4, 0.5) is 0 Å². The Hall–Kier alpha value is -3.15. The van der Waals surface area contributed by atoms with Gasteiger partial charge in [0, 0.05) is 19.3 Å². The molecule has 422 valence electrons. The lowest BCUT2D eigenvalue weighted by Gasteiger charge is -2.18.